The molecule has 1 amide bonds. The Balaban J connectivity index is 1.92. The molecule has 2 aromatic carbocycles. The van der Waals surface area contributed by atoms with E-state index < -0.39 is 0 Å². The third kappa shape index (κ3) is 2.16. The summed E-state index contributed by atoms with van der Waals surface area (Å²) in [5, 5.41) is 8.14. The third-order valence-corrected chi connectivity index (χ3v) is 3.40. The van der Waals surface area contributed by atoms with Crippen LogP contribution in [-0.4, -0.2) is 15.7 Å². The minimum absolute atomic E-state index is 0.109. The number of aryl methyl sites for hydroxylation is 2. The Bertz CT molecular complexity index is 789. The molecule has 0 aliphatic rings. The van der Waals surface area contributed by atoms with E-state index >= 15 is 0 Å². The molecule has 0 radical (unpaired) electrons. The smallest absolute Gasteiger partial charge is 0.255 e. The maximum atomic E-state index is 12.3. The van der Waals surface area contributed by atoms with Crippen molar-refractivity contribution in [2.75, 3.05) is 5.32 Å². The summed E-state index contributed by atoms with van der Waals surface area (Å²) in [4.78, 5) is 12.3. The fraction of sp³-hybridized carbons (Fsp3) is 0.125. The molecule has 100 valence electrons. The van der Waals surface area contributed by atoms with E-state index in [2.05, 4.69) is 10.4 Å². The van der Waals surface area contributed by atoms with Crippen molar-refractivity contribution in [1.82, 2.24) is 9.78 Å². The zero-order valence-corrected chi connectivity index (χ0v) is 11.4. The van der Waals surface area contributed by atoms with Gasteiger partial charge in [-0.05, 0) is 30.7 Å². The molecule has 1 N–H and O–H groups in total. The molecule has 1 heterocycles. The van der Waals surface area contributed by atoms with Gasteiger partial charge in [0.25, 0.3) is 5.91 Å². The Labute approximate surface area is 117 Å². The van der Waals surface area contributed by atoms with Crippen LogP contribution in [0.2, 0.25) is 0 Å². The minimum Gasteiger partial charge on any atom is -0.322 e. The molecule has 0 aliphatic carbocycles. The second kappa shape index (κ2) is 4.81. The van der Waals surface area contributed by atoms with Crippen molar-refractivity contribution in [3.8, 4) is 0 Å². The number of carbonyl (C=O) groups is 1. The van der Waals surface area contributed by atoms with Gasteiger partial charge in [0.15, 0.2) is 0 Å². The first-order valence-electron chi connectivity index (χ1n) is 6.44. The molecule has 4 heteroatoms. The molecule has 0 fully saturated rings. The number of nitrogens with zero attached hydrogens (tertiary/aromatic N) is 2. The standard InChI is InChI=1S/C16H15N3O/c1-11-5-3-4-6-14(11)18-16(20)12-7-8-13-10-17-19(2)15(13)9-12/h3-10H,1-2H3,(H,18,20). The lowest BCUT2D eigenvalue weighted by molar-refractivity contribution is 0.102. The topological polar surface area (TPSA) is 46.9 Å². The first kappa shape index (κ1) is 12.4. The van der Waals surface area contributed by atoms with Gasteiger partial charge in [0.05, 0.1) is 11.7 Å². The number of aromatic nitrogens is 2. The number of benzene rings is 2. The van der Waals surface area contributed by atoms with Gasteiger partial charge in [-0.15, -0.1) is 0 Å². The molecule has 0 aliphatic heterocycles. The fourth-order valence-corrected chi connectivity index (χ4v) is 2.19. The Hall–Kier alpha value is -2.62. The van der Waals surface area contributed by atoms with E-state index in [1.54, 1.807) is 10.9 Å². The van der Waals surface area contributed by atoms with E-state index in [4.69, 9.17) is 0 Å². The lowest BCUT2D eigenvalue weighted by Gasteiger charge is -2.08. The quantitative estimate of drug-likeness (QED) is 0.773. The van der Waals surface area contributed by atoms with E-state index in [-0.39, 0.29) is 5.91 Å². The first-order chi connectivity index (χ1) is 9.65. The molecule has 0 bridgehead atoms. The van der Waals surface area contributed by atoms with Crippen LogP contribution in [0, 0.1) is 6.92 Å². The zero-order valence-electron chi connectivity index (χ0n) is 11.4. The average Bonchev–Trinajstić information content (AvgIpc) is 2.82. The van der Waals surface area contributed by atoms with Gasteiger partial charge >= 0.3 is 0 Å². The van der Waals surface area contributed by atoms with E-state index in [1.165, 1.54) is 0 Å². The van der Waals surface area contributed by atoms with Gasteiger partial charge in [0.2, 0.25) is 0 Å². The van der Waals surface area contributed by atoms with Crippen LogP contribution < -0.4 is 5.32 Å². The van der Waals surface area contributed by atoms with Crippen LogP contribution in [0.15, 0.2) is 48.7 Å². The predicted molar refractivity (Wildman–Crippen MR) is 79.8 cm³/mol. The average molecular weight is 265 g/mol. The highest BCUT2D eigenvalue weighted by atomic mass is 16.1. The van der Waals surface area contributed by atoms with Crippen molar-refractivity contribution < 1.29 is 4.79 Å². The largest absolute Gasteiger partial charge is 0.322 e. The van der Waals surface area contributed by atoms with Crippen LogP contribution in [0.5, 0.6) is 0 Å². The number of amides is 1. The van der Waals surface area contributed by atoms with Crippen molar-refractivity contribution in [3.05, 3.63) is 59.8 Å². The molecule has 20 heavy (non-hydrogen) atoms. The molecule has 0 atom stereocenters. The van der Waals surface area contributed by atoms with Crippen LogP contribution >= 0.6 is 0 Å². The van der Waals surface area contributed by atoms with Crippen molar-refractivity contribution in [2.45, 2.75) is 6.92 Å². The normalized spacial score (nSPS) is 10.7. The molecular formula is C16H15N3O. The lowest BCUT2D eigenvalue weighted by atomic mass is 10.1. The zero-order chi connectivity index (χ0) is 14.1. The van der Waals surface area contributed by atoms with Crippen molar-refractivity contribution >= 4 is 22.5 Å². The molecule has 4 nitrogen and oxygen atoms in total. The Morgan fingerprint density at radius 3 is 2.80 bits per heavy atom. The van der Waals surface area contributed by atoms with Crippen molar-refractivity contribution in [3.63, 3.8) is 0 Å². The molecule has 1 aromatic heterocycles. The molecular weight excluding hydrogens is 250 g/mol. The highest BCUT2D eigenvalue weighted by Gasteiger charge is 2.09. The summed E-state index contributed by atoms with van der Waals surface area (Å²) < 4.78 is 1.76. The molecule has 0 saturated carbocycles. The Kier molecular flexibility index (Phi) is 2.99. The van der Waals surface area contributed by atoms with Gasteiger partial charge < -0.3 is 5.32 Å². The number of anilines is 1. The molecule has 0 unspecified atom stereocenters. The van der Waals surface area contributed by atoms with E-state index in [1.807, 2.05) is 56.4 Å². The van der Waals surface area contributed by atoms with Crippen LogP contribution in [0.3, 0.4) is 0 Å². The van der Waals surface area contributed by atoms with Gasteiger partial charge in [-0.2, -0.15) is 5.10 Å². The first-order valence-corrected chi connectivity index (χ1v) is 6.44. The number of nitrogens with one attached hydrogen (secondary N) is 1. The molecule has 3 rings (SSSR count). The van der Waals surface area contributed by atoms with E-state index in [9.17, 15) is 4.79 Å². The number of rotatable bonds is 2. The molecule has 0 saturated heterocycles. The summed E-state index contributed by atoms with van der Waals surface area (Å²) >= 11 is 0. The van der Waals surface area contributed by atoms with E-state index in [0.717, 1.165) is 22.2 Å². The number of carbonyl (C=O) groups excluding carboxylic acids is 1. The third-order valence-electron chi connectivity index (χ3n) is 3.40. The predicted octanol–water partition coefficient (Wildman–Crippen LogP) is 3.13. The number of fused-ring (bicyclic) bond motifs is 1. The second-order valence-corrected chi connectivity index (χ2v) is 4.81. The fourth-order valence-electron chi connectivity index (χ4n) is 2.19. The van der Waals surface area contributed by atoms with Gasteiger partial charge in [0, 0.05) is 23.7 Å². The molecule has 3 aromatic rings. The molecule has 0 spiro atoms. The maximum absolute atomic E-state index is 12.3. The second-order valence-electron chi connectivity index (χ2n) is 4.81. The van der Waals surface area contributed by atoms with Crippen molar-refractivity contribution in [1.29, 1.82) is 0 Å². The summed E-state index contributed by atoms with van der Waals surface area (Å²) in [5.41, 5.74) is 3.46. The van der Waals surface area contributed by atoms with Gasteiger partial charge in [-0.3, -0.25) is 9.48 Å². The SMILES string of the molecule is Cc1ccccc1NC(=O)c1ccc2cnn(C)c2c1. The Morgan fingerprint density at radius 2 is 2.00 bits per heavy atom. The maximum Gasteiger partial charge on any atom is 0.255 e. The minimum atomic E-state index is -0.109. The van der Waals surface area contributed by atoms with Crippen LogP contribution in [0.1, 0.15) is 15.9 Å². The van der Waals surface area contributed by atoms with Crippen LogP contribution in [0.25, 0.3) is 10.9 Å². The monoisotopic (exact) mass is 265 g/mol. The number of hydrogen-bond acceptors (Lipinski definition) is 2. The summed E-state index contributed by atoms with van der Waals surface area (Å²) in [6, 6.07) is 13.3. The highest BCUT2D eigenvalue weighted by molar-refractivity contribution is 6.06. The van der Waals surface area contributed by atoms with Crippen LogP contribution in [0.4, 0.5) is 5.69 Å². The van der Waals surface area contributed by atoms with Gasteiger partial charge in [-0.25, -0.2) is 0 Å². The summed E-state index contributed by atoms with van der Waals surface area (Å²) in [6.07, 6.45) is 1.79. The van der Waals surface area contributed by atoms with Crippen LogP contribution in [-0.2, 0) is 7.05 Å². The van der Waals surface area contributed by atoms with Crippen molar-refractivity contribution in [2.24, 2.45) is 7.05 Å². The lowest BCUT2D eigenvalue weighted by Crippen LogP contribution is -2.12. The summed E-state index contributed by atoms with van der Waals surface area (Å²) in [5.74, 6) is -0.109. The number of para-hydroxylation sites is 1. The number of hydrogen-bond donors (Lipinski definition) is 1. The summed E-state index contributed by atoms with van der Waals surface area (Å²) in [7, 11) is 1.87. The van der Waals surface area contributed by atoms with Gasteiger partial charge in [0.1, 0.15) is 0 Å². The van der Waals surface area contributed by atoms with E-state index in [0.29, 0.717) is 5.56 Å². The van der Waals surface area contributed by atoms with Gasteiger partial charge in [-0.1, -0.05) is 24.3 Å². The Morgan fingerprint density at radius 1 is 1.20 bits per heavy atom. The highest BCUT2D eigenvalue weighted by Crippen LogP contribution is 2.18. The summed E-state index contributed by atoms with van der Waals surface area (Å²) in [6.45, 7) is 1.97.